The molecule has 0 radical (unpaired) electrons. The maximum atomic E-state index is 14.6. The Morgan fingerprint density at radius 1 is 0.857 bits per heavy atom. The summed E-state index contributed by atoms with van der Waals surface area (Å²) in [6.45, 7) is 13.0. The molecule has 4 aliphatic rings. The maximum absolute atomic E-state index is 14.6. The summed E-state index contributed by atoms with van der Waals surface area (Å²) in [6.07, 6.45) is 11.6. The first-order chi connectivity index (χ1) is 40.0. The third kappa shape index (κ3) is 20.3. The predicted molar refractivity (Wildman–Crippen MR) is 310 cm³/mol. The molecule has 84 heavy (non-hydrogen) atoms. The fourth-order valence-corrected chi connectivity index (χ4v) is 11.5. The Bertz CT molecular complexity index is 2490. The van der Waals surface area contributed by atoms with Gasteiger partial charge in [-0.2, -0.15) is 0 Å². The van der Waals surface area contributed by atoms with E-state index in [9.17, 15) is 43.8 Å². The number of carbonyl (C=O) groups excluding carboxylic acids is 7. The molecule has 468 valence electrons. The lowest BCUT2D eigenvalue weighted by atomic mass is 9.80. The van der Waals surface area contributed by atoms with Crippen LogP contribution >= 0.6 is 0 Å². The Morgan fingerprint density at radius 2 is 1.60 bits per heavy atom. The van der Waals surface area contributed by atoms with Crippen molar-refractivity contribution in [3.8, 4) is 0 Å². The van der Waals surface area contributed by atoms with Crippen LogP contribution in [-0.2, 0) is 68.5 Å². The highest BCUT2D eigenvalue weighted by Crippen LogP contribution is 2.37. The van der Waals surface area contributed by atoms with E-state index in [1.807, 2.05) is 44.2 Å². The molecular formula is C62H94N6O16. The van der Waals surface area contributed by atoms with Crippen molar-refractivity contribution in [2.24, 2.45) is 35.3 Å². The van der Waals surface area contributed by atoms with Crippen LogP contribution in [0.5, 0.6) is 0 Å². The molecule has 3 amide bonds. The lowest BCUT2D eigenvalue weighted by molar-refractivity contribution is -0.265. The second-order valence-corrected chi connectivity index (χ2v) is 23.4. The number of aliphatic hydroxyl groups excluding tert-OH is 1. The summed E-state index contributed by atoms with van der Waals surface area (Å²) in [4.78, 5) is 106. The van der Waals surface area contributed by atoms with Crippen LogP contribution in [0.4, 0.5) is 4.79 Å². The quantitative estimate of drug-likeness (QED) is 0.0633. The number of esters is 1. The minimum absolute atomic E-state index is 0.0147. The average molecular weight is 1180 g/mol. The highest BCUT2D eigenvalue weighted by Gasteiger charge is 2.53. The van der Waals surface area contributed by atoms with Crippen LogP contribution in [0, 0.1) is 36.5 Å². The number of allylic oxidation sites excluding steroid dienone is 6. The summed E-state index contributed by atoms with van der Waals surface area (Å²) < 4.78 is 41.0. The van der Waals surface area contributed by atoms with Gasteiger partial charge >= 0.3 is 12.1 Å². The van der Waals surface area contributed by atoms with E-state index in [4.69, 9.17) is 38.9 Å². The van der Waals surface area contributed by atoms with Crippen LogP contribution in [0.25, 0.3) is 0 Å². The van der Waals surface area contributed by atoms with Crippen LogP contribution in [0.15, 0.2) is 60.0 Å². The first kappa shape index (κ1) is 69.2. The molecule has 15 atom stereocenters. The van der Waals surface area contributed by atoms with Gasteiger partial charge in [-0.05, 0) is 108 Å². The van der Waals surface area contributed by atoms with Crippen LogP contribution < -0.4 is 16.4 Å². The molecule has 2 bridgehead atoms. The molecule has 3 fully saturated rings. The van der Waals surface area contributed by atoms with E-state index in [1.54, 1.807) is 60.2 Å². The molecule has 5 rings (SSSR count). The number of carbonyl (C=O) groups is 7. The standard InChI is InChI=1S/C62H94N6O16/c1-37-16-12-11-13-17-38(2)51(78-8)32-46-21-19-42(6)62(77,84-46)58(73)59(74)68-25-15-14-18-48(68)60(75)82-52(33-49(69)39(3)29-41(5)56(72)57(80-10)55(71)40(4)28-37)47(63)30-44-20-22-50(53(31-44)79-9)83-61(76)64-24-27-81-26-23-54(70)67-36-45-34-65-43(7)66-35-45/h11-13,16-17,29,34-35,37,39-40,42,44,46-48,50-53,56-57,72,77H,14-15,18-28,30-33,36,63H2,1-10H3,(H,64,76)(H,67,70)/b13-11+,16-12+,38-17+,41-29+/t37-,39-,40?,42-,44+,46+,47-,48+,50-,51+,52+,53-,56-,57+,62-/m1/s1. The van der Waals surface area contributed by atoms with Gasteiger partial charge in [-0.15, -0.1) is 0 Å². The van der Waals surface area contributed by atoms with Gasteiger partial charge in [0.15, 0.2) is 5.78 Å². The molecular weight excluding hydrogens is 1080 g/mol. The molecule has 1 aromatic heterocycles. The number of hydrogen-bond acceptors (Lipinski definition) is 19. The number of aryl methyl sites for hydroxylation is 1. The van der Waals surface area contributed by atoms with Crippen LogP contribution in [-0.4, -0.2) is 175 Å². The van der Waals surface area contributed by atoms with Crippen molar-refractivity contribution in [1.29, 1.82) is 0 Å². The Balaban J connectivity index is 1.31. The van der Waals surface area contributed by atoms with E-state index in [1.165, 1.54) is 14.2 Å². The van der Waals surface area contributed by atoms with Crippen molar-refractivity contribution >= 4 is 41.2 Å². The predicted octanol–water partition coefficient (Wildman–Crippen LogP) is 5.43. The normalized spacial score (nSPS) is 33.7. The zero-order chi connectivity index (χ0) is 61.7. The minimum atomic E-state index is -2.49. The lowest BCUT2D eigenvalue weighted by Gasteiger charge is -2.42. The molecule has 4 heterocycles. The monoisotopic (exact) mass is 1180 g/mol. The summed E-state index contributed by atoms with van der Waals surface area (Å²) in [5.41, 5.74) is 8.94. The zero-order valence-electron chi connectivity index (χ0n) is 51.0. The van der Waals surface area contributed by atoms with Gasteiger partial charge in [0.25, 0.3) is 11.7 Å². The first-order valence-electron chi connectivity index (χ1n) is 29.8. The van der Waals surface area contributed by atoms with E-state index in [0.29, 0.717) is 69.3 Å². The van der Waals surface area contributed by atoms with Crippen LogP contribution in [0.2, 0.25) is 0 Å². The van der Waals surface area contributed by atoms with Gasteiger partial charge in [-0.1, -0.05) is 64.2 Å². The number of rotatable bonds is 15. The number of ketones is 3. The highest BCUT2D eigenvalue weighted by atomic mass is 16.6. The molecule has 1 aliphatic carbocycles. The van der Waals surface area contributed by atoms with E-state index < -0.39 is 108 Å². The highest BCUT2D eigenvalue weighted by molar-refractivity contribution is 6.39. The molecule has 22 heteroatoms. The largest absolute Gasteiger partial charge is 0.459 e. The minimum Gasteiger partial charge on any atom is -0.459 e. The number of hydrogen-bond donors (Lipinski definition) is 5. The van der Waals surface area contributed by atoms with Gasteiger partial charge in [0.05, 0.1) is 31.5 Å². The molecule has 3 aliphatic heterocycles. The Labute approximate surface area is 495 Å². The SMILES string of the molecule is CO[C@H]1C[C@@H]2CC[C@@H](C)[C@@](O)(O2)C(=O)C(=O)N2CCCC[C@H]2C(=O)O[C@H]([C@H](N)C[C@@H]2CC[C@@H](OC(=O)NCCOCCC(=O)NCc3cnc(C)nc3)[C@H](OC)C2)CC(=O)[C@H](C)/C=C(\C)[C@@H](O)[C@@H](OC)C(=O)C(C)C[C@H](C)/C=C/C=C/C=C/1C. The third-order valence-electron chi connectivity index (χ3n) is 16.8. The van der Waals surface area contributed by atoms with E-state index in [0.717, 1.165) is 16.0 Å². The molecule has 1 saturated carbocycles. The molecule has 1 unspecified atom stereocenters. The van der Waals surface area contributed by atoms with Crippen molar-refractivity contribution in [2.75, 3.05) is 47.6 Å². The fourth-order valence-electron chi connectivity index (χ4n) is 11.5. The van der Waals surface area contributed by atoms with Crippen LogP contribution in [0.3, 0.4) is 0 Å². The van der Waals surface area contributed by atoms with Gasteiger partial charge in [0.1, 0.15) is 42.1 Å². The number of aliphatic hydroxyl groups is 2. The van der Waals surface area contributed by atoms with Gasteiger partial charge in [0.2, 0.25) is 11.7 Å². The summed E-state index contributed by atoms with van der Waals surface area (Å²) in [6, 6.07) is -2.20. The Morgan fingerprint density at radius 3 is 2.30 bits per heavy atom. The van der Waals surface area contributed by atoms with Crippen molar-refractivity contribution in [3.63, 3.8) is 0 Å². The number of Topliss-reactive ketones (excluding diaryl/α,β-unsaturated/α-hetero) is 3. The van der Waals surface area contributed by atoms with Crippen molar-refractivity contribution in [2.45, 2.75) is 199 Å². The molecule has 1 aromatic rings. The van der Waals surface area contributed by atoms with Crippen molar-refractivity contribution < 1.29 is 76.9 Å². The Hall–Kier alpha value is -5.59. The molecule has 0 spiro atoms. The number of ether oxygens (including phenoxy) is 7. The first-order valence-corrected chi connectivity index (χ1v) is 29.8. The summed E-state index contributed by atoms with van der Waals surface area (Å²) in [7, 11) is 4.42. The smallest absolute Gasteiger partial charge is 0.407 e. The summed E-state index contributed by atoms with van der Waals surface area (Å²) >= 11 is 0. The van der Waals surface area contributed by atoms with E-state index >= 15 is 0 Å². The molecule has 22 nitrogen and oxygen atoms in total. The van der Waals surface area contributed by atoms with Gasteiger partial charge < -0.3 is 64.6 Å². The fraction of sp³-hybridized carbons (Fsp3) is 0.694. The summed E-state index contributed by atoms with van der Waals surface area (Å²) in [5.74, 6) is -8.19. The zero-order valence-corrected chi connectivity index (χ0v) is 51.0. The van der Waals surface area contributed by atoms with Gasteiger partial charge in [0, 0.05) is 102 Å². The van der Waals surface area contributed by atoms with Gasteiger partial charge in [-0.3, -0.25) is 24.0 Å². The number of amides is 3. The Kier molecular flexibility index (Phi) is 27.9. The third-order valence-corrected chi connectivity index (χ3v) is 16.8. The number of alkyl carbamates (subject to hydrolysis) is 1. The van der Waals surface area contributed by atoms with E-state index in [-0.39, 0.29) is 81.9 Å². The van der Waals surface area contributed by atoms with Crippen molar-refractivity contribution in [3.05, 3.63) is 71.4 Å². The number of nitrogens with two attached hydrogens (primary N) is 1. The number of cyclic esters (lactones) is 1. The maximum Gasteiger partial charge on any atom is 0.407 e. The lowest BCUT2D eigenvalue weighted by Crippen LogP contribution is -2.61. The second-order valence-electron chi connectivity index (χ2n) is 23.4. The van der Waals surface area contributed by atoms with Crippen molar-refractivity contribution in [1.82, 2.24) is 25.5 Å². The molecule has 6 N–H and O–H groups in total. The van der Waals surface area contributed by atoms with Gasteiger partial charge in [-0.25, -0.2) is 19.6 Å². The number of methoxy groups -OCH3 is 3. The number of nitrogens with zero attached hydrogens (tertiary/aromatic N) is 3. The summed E-state index contributed by atoms with van der Waals surface area (Å²) in [5, 5.41) is 29.1. The van der Waals surface area contributed by atoms with Crippen LogP contribution in [0.1, 0.15) is 136 Å². The topological polar surface area (TPSA) is 304 Å². The second kappa shape index (κ2) is 33.9. The molecule has 2 saturated heterocycles. The number of aromatic nitrogens is 2. The molecule has 0 aromatic carbocycles. The number of nitrogens with one attached hydrogen (secondary N) is 2. The number of fused-ring (bicyclic) bond motifs is 3. The average Bonchev–Trinajstić information content (AvgIpc) is 2.31. The van der Waals surface area contributed by atoms with E-state index in [2.05, 4.69) is 20.6 Å². The number of piperidine rings is 1.